The van der Waals surface area contributed by atoms with Gasteiger partial charge in [0, 0.05) is 6.54 Å². The fraction of sp³-hybridized carbons (Fsp3) is 0.900. The third-order valence-corrected chi connectivity index (χ3v) is 1.84. The van der Waals surface area contributed by atoms with Gasteiger partial charge < -0.3 is 0 Å². The van der Waals surface area contributed by atoms with Crippen molar-refractivity contribution >= 4 is 6.21 Å². The van der Waals surface area contributed by atoms with E-state index in [0.717, 1.165) is 18.4 Å². The van der Waals surface area contributed by atoms with Crippen molar-refractivity contribution in [1.82, 2.24) is 0 Å². The summed E-state index contributed by atoms with van der Waals surface area (Å²) >= 11 is 0. The predicted octanol–water partition coefficient (Wildman–Crippen LogP) is 3.15. The van der Waals surface area contributed by atoms with Crippen molar-refractivity contribution in [2.45, 2.75) is 40.5 Å². The molecule has 1 nitrogen and oxygen atoms in total. The molecule has 0 N–H and O–H groups in total. The van der Waals surface area contributed by atoms with Crippen LogP contribution >= 0.6 is 0 Å². The summed E-state index contributed by atoms with van der Waals surface area (Å²) in [6.07, 6.45) is 4.54. The molecule has 0 aromatic carbocycles. The molecule has 1 heteroatoms. The Hall–Kier alpha value is -0.330. The first kappa shape index (κ1) is 10.7. The lowest BCUT2D eigenvalue weighted by Gasteiger charge is -2.09. The topological polar surface area (TPSA) is 12.4 Å². The summed E-state index contributed by atoms with van der Waals surface area (Å²) in [5.74, 6) is 1.59. The highest BCUT2D eigenvalue weighted by Crippen LogP contribution is 2.11. The van der Waals surface area contributed by atoms with Gasteiger partial charge in [-0.15, -0.1) is 0 Å². The van der Waals surface area contributed by atoms with E-state index >= 15 is 0 Å². The van der Waals surface area contributed by atoms with E-state index in [2.05, 4.69) is 25.8 Å². The van der Waals surface area contributed by atoms with Crippen molar-refractivity contribution in [2.24, 2.45) is 16.8 Å². The number of nitrogens with zero attached hydrogens (tertiary/aromatic N) is 1. The van der Waals surface area contributed by atoms with Crippen LogP contribution in [0.1, 0.15) is 40.5 Å². The molecule has 11 heavy (non-hydrogen) atoms. The van der Waals surface area contributed by atoms with E-state index in [1.165, 1.54) is 12.8 Å². The standard InChI is InChI=1S/C10H21N/c1-5-11-8-10(4)7-6-9(2)3/h5,9-10H,6-8H2,1-4H3. The van der Waals surface area contributed by atoms with Crippen LogP contribution in [0, 0.1) is 11.8 Å². The Bertz CT molecular complexity index is 105. The van der Waals surface area contributed by atoms with Crippen molar-refractivity contribution in [3.63, 3.8) is 0 Å². The summed E-state index contributed by atoms with van der Waals surface area (Å²) < 4.78 is 0. The Morgan fingerprint density at radius 3 is 2.27 bits per heavy atom. The molecule has 66 valence electrons. The highest BCUT2D eigenvalue weighted by atomic mass is 14.7. The van der Waals surface area contributed by atoms with Crippen molar-refractivity contribution in [3.05, 3.63) is 0 Å². The minimum atomic E-state index is 0.758. The molecule has 0 aliphatic heterocycles. The molecule has 0 rings (SSSR count). The average molecular weight is 155 g/mol. The molecule has 0 aliphatic carbocycles. The first-order valence-corrected chi connectivity index (χ1v) is 4.61. The Balaban J connectivity index is 3.29. The second kappa shape index (κ2) is 6.38. The van der Waals surface area contributed by atoms with Crippen molar-refractivity contribution in [1.29, 1.82) is 0 Å². The SMILES string of the molecule is CC=NCC(C)CCC(C)C. The Morgan fingerprint density at radius 1 is 1.18 bits per heavy atom. The van der Waals surface area contributed by atoms with Crippen molar-refractivity contribution in [3.8, 4) is 0 Å². The van der Waals surface area contributed by atoms with Crippen LogP contribution in [0.3, 0.4) is 0 Å². The summed E-state index contributed by atoms with van der Waals surface area (Å²) in [5.41, 5.74) is 0. The van der Waals surface area contributed by atoms with Gasteiger partial charge in [0.2, 0.25) is 0 Å². The van der Waals surface area contributed by atoms with E-state index in [1.807, 2.05) is 13.1 Å². The quantitative estimate of drug-likeness (QED) is 0.541. The van der Waals surface area contributed by atoms with Gasteiger partial charge in [0.15, 0.2) is 0 Å². The molecular weight excluding hydrogens is 134 g/mol. The van der Waals surface area contributed by atoms with Crippen LogP contribution in [0.2, 0.25) is 0 Å². The molecular formula is C10H21N. The maximum atomic E-state index is 4.22. The zero-order valence-electron chi connectivity index (χ0n) is 8.30. The molecule has 0 radical (unpaired) electrons. The van der Waals surface area contributed by atoms with E-state index < -0.39 is 0 Å². The number of rotatable bonds is 5. The molecule has 0 heterocycles. The highest BCUT2D eigenvalue weighted by molar-refractivity contribution is 5.53. The minimum Gasteiger partial charge on any atom is -0.298 e. The van der Waals surface area contributed by atoms with Gasteiger partial charge in [0.25, 0.3) is 0 Å². The highest BCUT2D eigenvalue weighted by Gasteiger charge is 2.01. The van der Waals surface area contributed by atoms with Gasteiger partial charge in [-0.05, 0) is 31.4 Å². The number of aliphatic imine (C=N–C) groups is 1. The van der Waals surface area contributed by atoms with Crippen LogP contribution in [-0.2, 0) is 0 Å². The lowest BCUT2D eigenvalue weighted by Crippen LogP contribution is -2.01. The molecule has 0 fully saturated rings. The lowest BCUT2D eigenvalue weighted by atomic mass is 10.00. The zero-order chi connectivity index (χ0) is 8.69. The van der Waals surface area contributed by atoms with Gasteiger partial charge in [-0.25, -0.2) is 0 Å². The van der Waals surface area contributed by atoms with E-state index in [-0.39, 0.29) is 0 Å². The normalized spacial score (nSPS) is 14.6. The van der Waals surface area contributed by atoms with E-state index in [1.54, 1.807) is 0 Å². The van der Waals surface area contributed by atoms with E-state index in [9.17, 15) is 0 Å². The fourth-order valence-corrected chi connectivity index (χ4v) is 0.994. The molecule has 0 bridgehead atoms. The third-order valence-electron chi connectivity index (χ3n) is 1.84. The fourth-order valence-electron chi connectivity index (χ4n) is 0.994. The van der Waals surface area contributed by atoms with Crippen molar-refractivity contribution in [2.75, 3.05) is 6.54 Å². The van der Waals surface area contributed by atoms with Gasteiger partial charge in [-0.2, -0.15) is 0 Å². The molecule has 0 amide bonds. The Morgan fingerprint density at radius 2 is 1.82 bits per heavy atom. The van der Waals surface area contributed by atoms with Crippen molar-refractivity contribution < 1.29 is 0 Å². The average Bonchev–Trinajstić information content (AvgIpc) is 1.97. The van der Waals surface area contributed by atoms with Gasteiger partial charge in [0.1, 0.15) is 0 Å². The van der Waals surface area contributed by atoms with Crippen LogP contribution in [0.5, 0.6) is 0 Å². The minimum absolute atomic E-state index is 0.758. The Kier molecular flexibility index (Phi) is 6.19. The van der Waals surface area contributed by atoms with Gasteiger partial charge >= 0.3 is 0 Å². The van der Waals surface area contributed by atoms with Crippen LogP contribution in [0.25, 0.3) is 0 Å². The smallest absolute Gasteiger partial charge is 0.0410 e. The summed E-state index contributed by atoms with van der Waals surface area (Å²) in [7, 11) is 0. The predicted molar refractivity (Wildman–Crippen MR) is 52.3 cm³/mol. The summed E-state index contributed by atoms with van der Waals surface area (Å²) in [4.78, 5) is 4.22. The second-order valence-electron chi connectivity index (χ2n) is 3.70. The third kappa shape index (κ3) is 7.57. The number of hydrogen-bond acceptors (Lipinski definition) is 1. The molecule has 0 aromatic rings. The monoisotopic (exact) mass is 155 g/mol. The molecule has 1 atom stereocenters. The molecule has 0 saturated carbocycles. The zero-order valence-corrected chi connectivity index (χ0v) is 8.30. The molecule has 0 aromatic heterocycles. The first-order chi connectivity index (χ1) is 5.16. The van der Waals surface area contributed by atoms with E-state index in [0.29, 0.717) is 0 Å². The van der Waals surface area contributed by atoms with Crippen LogP contribution in [0.4, 0.5) is 0 Å². The van der Waals surface area contributed by atoms with Crippen LogP contribution in [0.15, 0.2) is 4.99 Å². The van der Waals surface area contributed by atoms with Crippen LogP contribution in [-0.4, -0.2) is 12.8 Å². The lowest BCUT2D eigenvalue weighted by molar-refractivity contribution is 0.458. The molecule has 1 unspecified atom stereocenters. The Labute approximate surface area is 70.9 Å². The van der Waals surface area contributed by atoms with Gasteiger partial charge in [-0.3, -0.25) is 4.99 Å². The second-order valence-corrected chi connectivity index (χ2v) is 3.70. The summed E-state index contributed by atoms with van der Waals surface area (Å²) in [6, 6.07) is 0. The molecule has 0 spiro atoms. The maximum absolute atomic E-state index is 4.22. The largest absolute Gasteiger partial charge is 0.298 e. The van der Waals surface area contributed by atoms with E-state index in [4.69, 9.17) is 0 Å². The van der Waals surface area contributed by atoms with Crippen LogP contribution < -0.4 is 0 Å². The summed E-state index contributed by atoms with van der Waals surface area (Å²) in [6.45, 7) is 9.80. The molecule has 0 aliphatic rings. The maximum Gasteiger partial charge on any atom is 0.0410 e. The molecule has 0 saturated heterocycles. The van der Waals surface area contributed by atoms with Gasteiger partial charge in [0.05, 0.1) is 0 Å². The first-order valence-electron chi connectivity index (χ1n) is 4.61. The summed E-state index contributed by atoms with van der Waals surface area (Å²) in [5, 5.41) is 0. The van der Waals surface area contributed by atoms with Gasteiger partial charge in [-0.1, -0.05) is 27.2 Å². The number of hydrogen-bond donors (Lipinski definition) is 0.